The number of aromatic nitrogens is 3. The van der Waals surface area contributed by atoms with Gasteiger partial charge in [0.05, 0.1) is 18.3 Å². The zero-order chi connectivity index (χ0) is 19.9. The highest BCUT2D eigenvalue weighted by atomic mass is 32.2. The summed E-state index contributed by atoms with van der Waals surface area (Å²) in [5.74, 6) is 0.699. The van der Waals surface area contributed by atoms with Crippen molar-refractivity contribution in [2.24, 2.45) is 5.73 Å². The fourth-order valence-corrected chi connectivity index (χ4v) is 4.14. The monoisotopic (exact) mass is 403 g/mol. The van der Waals surface area contributed by atoms with Gasteiger partial charge in [-0.2, -0.15) is 12.7 Å². The molecule has 1 aromatic heterocycles. The lowest BCUT2D eigenvalue weighted by Crippen LogP contribution is -2.39. The van der Waals surface area contributed by atoms with Crippen molar-refractivity contribution in [2.45, 2.75) is 13.0 Å². The van der Waals surface area contributed by atoms with Gasteiger partial charge in [0, 0.05) is 19.2 Å². The lowest BCUT2D eigenvalue weighted by Gasteiger charge is -2.27. The molecule has 0 spiro atoms. The van der Waals surface area contributed by atoms with E-state index in [-0.39, 0.29) is 13.1 Å². The Morgan fingerprint density at radius 1 is 1.18 bits per heavy atom. The molecule has 0 saturated carbocycles. The highest BCUT2D eigenvalue weighted by Gasteiger charge is 2.29. The summed E-state index contributed by atoms with van der Waals surface area (Å²) in [5, 5.41) is 8.38. The van der Waals surface area contributed by atoms with Gasteiger partial charge >= 0.3 is 16.4 Å². The quantitative estimate of drug-likeness (QED) is 0.691. The molecule has 0 aliphatic carbocycles. The van der Waals surface area contributed by atoms with E-state index in [9.17, 15) is 13.2 Å². The average Bonchev–Trinajstić information content (AvgIpc) is 3.09. The first-order chi connectivity index (χ1) is 13.4. The second-order valence-corrected chi connectivity index (χ2v) is 7.79. The number of carbonyl (C=O) groups excluding carboxylic acids is 1. The number of hydrogen-bond donors (Lipinski definition) is 1. The third-order valence-electron chi connectivity index (χ3n) is 4.57. The predicted octanol–water partition coefficient (Wildman–Crippen LogP) is 1.13. The molecule has 1 aliphatic heterocycles. The number of benzene rings is 2. The molecule has 0 atom stereocenters. The van der Waals surface area contributed by atoms with Crippen LogP contribution in [0.5, 0.6) is 5.75 Å². The molecule has 146 valence electrons. The van der Waals surface area contributed by atoms with Crippen LogP contribution in [0, 0.1) is 0 Å². The molecule has 1 amide bonds. The van der Waals surface area contributed by atoms with Gasteiger partial charge < -0.3 is 14.7 Å². The molecule has 4 rings (SSSR count). The van der Waals surface area contributed by atoms with Crippen molar-refractivity contribution in [3.8, 4) is 11.4 Å². The molecular formula is C17H17N5O5S. The molecule has 0 fully saturated rings. The van der Waals surface area contributed by atoms with Crippen LogP contribution >= 0.6 is 0 Å². The summed E-state index contributed by atoms with van der Waals surface area (Å²) in [6.07, 6.45) is -0.888. The van der Waals surface area contributed by atoms with E-state index in [1.54, 1.807) is 17.9 Å². The highest BCUT2D eigenvalue weighted by Crippen LogP contribution is 2.26. The van der Waals surface area contributed by atoms with E-state index in [1.165, 1.54) is 0 Å². The summed E-state index contributed by atoms with van der Waals surface area (Å²) in [5.41, 5.74) is 8.98. The fourth-order valence-electron chi connectivity index (χ4n) is 3.21. The Bertz CT molecular complexity index is 1170. The third-order valence-corrected chi connectivity index (χ3v) is 5.89. The summed E-state index contributed by atoms with van der Waals surface area (Å²) in [6.45, 7) is 0.280. The van der Waals surface area contributed by atoms with Gasteiger partial charge in [-0.1, -0.05) is 11.3 Å². The molecule has 0 radical (unpaired) electrons. The number of amides is 1. The van der Waals surface area contributed by atoms with Gasteiger partial charge in [0.2, 0.25) is 0 Å². The van der Waals surface area contributed by atoms with Gasteiger partial charge in [0.25, 0.3) is 0 Å². The second kappa shape index (κ2) is 6.77. The van der Waals surface area contributed by atoms with E-state index < -0.39 is 16.4 Å². The zero-order valence-corrected chi connectivity index (χ0v) is 15.7. The Labute approximate surface area is 160 Å². The van der Waals surface area contributed by atoms with Crippen LogP contribution in [0.3, 0.4) is 0 Å². The smallest absolute Gasteiger partial charge is 0.421 e. The Hall–Kier alpha value is -3.18. The van der Waals surface area contributed by atoms with E-state index in [0.717, 1.165) is 26.6 Å². The first-order valence-electron chi connectivity index (χ1n) is 8.38. The van der Waals surface area contributed by atoms with E-state index in [0.29, 0.717) is 17.7 Å². The van der Waals surface area contributed by atoms with Gasteiger partial charge in [-0.05, 0) is 41.8 Å². The third kappa shape index (κ3) is 3.25. The molecule has 0 unspecified atom stereocenters. The maximum atomic E-state index is 12.0. The van der Waals surface area contributed by atoms with Crippen LogP contribution < -0.4 is 10.5 Å². The van der Waals surface area contributed by atoms with Crippen molar-refractivity contribution >= 4 is 27.4 Å². The summed E-state index contributed by atoms with van der Waals surface area (Å²) in [4.78, 5) is 10.8. The normalized spacial score (nSPS) is 14.6. The highest BCUT2D eigenvalue weighted by molar-refractivity contribution is 7.84. The lowest BCUT2D eigenvalue weighted by molar-refractivity contribution is 0.205. The summed E-state index contributed by atoms with van der Waals surface area (Å²) in [7, 11) is -2.60. The Morgan fingerprint density at radius 2 is 2.00 bits per heavy atom. The second-order valence-electron chi connectivity index (χ2n) is 6.25. The summed E-state index contributed by atoms with van der Waals surface area (Å²) < 4.78 is 36.3. The van der Waals surface area contributed by atoms with Crippen LogP contribution in [0.25, 0.3) is 16.7 Å². The minimum absolute atomic E-state index is 0.0977. The average molecular weight is 403 g/mol. The number of nitrogens with two attached hydrogens (primary N) is 1. The number of hydrogen-bond acceptors (Lipinski definition) is 7. The maximum Gasteiger partial charge on any atom is 0.421 e. The van der Waals surface area contributed by atoms with Gasteiger partial charge in [-0.15, -0.1) is 5.10 Å². The van der Waals surface area contributed by atoms with Crippen LogP contribution in [-0.2, 0) is 27.5 Å². The van der Waals surface area contributed by atoms with Gasteiger partial charge in [0.1, 0.15) is 11.3 Å². The van der Waals surface area contributed by atoms with Crippen molar-refractivity contribution < 1.29 is 22.1 Å². The number of primary amides is 1. The number of carbonyl (C=O) groups is 1. The Morgan fingerprint density at radius 3 is 2.75 bits per heavy atom. The number of methoxy groups -OCH3 is 1. The molecule has 11 heteroatoms. The van der Waals surface area contributed by atoms with Crippen molar-refractivity contribution in [1.29, 1.82) is 0 Å². The van der Waals surface area contributed by atoms with Gasteiger partial charge in [0.15, 0.2) is 0 Å². The van der Waals surface area contributed by atoms with Crippen molar-refractivity contribution in [3.05, 3.63) is 47.5 Å². The molecule has 3 aromatic rings. The van der Waals surface area contributed by atoms with Crippen LogP contribution in [0.1, 0.15) is 11.1 Å². The van der Waals surface area contributed by atoms with Crippen LogP contribution in [0.4, 0.5) is 4.79 Å². The topological polar surface area (TPSA) is 130 Å². The molecule has 1 aliphatic rings. The Kier molecular flexibility index (Phi) is 4.40. The molecule has 0 bridgehead atoms. The zero-order valence-electron chi connectivity index (χ0n) is 14.9. The summed E-state index contributed by atoms with van der Waals surface area (Å²) >= 11 is 0. The number of ether oxygens (including phenoxy) is 1. The van der Waals surface area contributed by atoms with Crippen LogP contribution in [0.2, 0.25) is 0 Å². The van der Waals surface area contributed by atoms with E-state index >= 15 is 0 Å². The first-order valence-corrected chi connectivity index (χ1v) is 9.74. The molecule has 2 aromatic carbocycles. The van der Waals surface area contributed by atoms with E-state index in [1.807, 2.05) is 30.3 Å². The number of fused-ring (bicyclic) bond motifs is 2. The summed E-state index contributed by atoms with van der Waals surface area (Å²) in [6, 6.07) is 11.1. The van der Waals surface area contributed by atoms with Gasteiger partial charge in [-0.3, -0.25) is 0 Å². The lowest BCUT2D eigenvalue weighted by atomic mass is 10.0. The standard InChI is InChI=1S/C17H17N5O5S/c1-26-14-4-5-16-15(9-14)19-20-22(16)13-3-2-12-10-21(7-6-11(12)8-13)28(24,25)27-17(18)23/h2-5,8-9H,6-7,10H2,1H3,(H2,18,23). The van der Waals surface area contributed by atoms with Gasteiger partial charge in [-0.25, -0.2) is 9.48 Å². The molecule has 2 heterocycles. The number of rotatable bonds is 4. The predicted molar refractivity (Wildman–Crippen MR) is 99.1 cm³/mol. The number of nitrogens with zero attached hydrogens (tertiary/aromatic N) is 4. The minimum atomic E-state index is -4.19. The Balaban J connectivity index is 1.64. The van der Waals surface area contributed by atoms with Crippen molar-refractivity contribution in [2.75, 3.05) is 13.7 Å². The van der Waals surface area contributed by atoms with Crippen LogP contribution in [-0.4, -0.2) is 47.5 Å². The van der Waals surface area contributed by atoms with E-state index in [4.69, 9.17) is 10.5 Å². The fraction of sp³-hybridized carbons (Fsp3) is 0.235. The molecule has 2 N–H and O–H groups in total. The largest absolute Gasteiger partial charge is 0.497 e. The van der Waals surface area contributed by atoms with Crippen LogP contribution in [0.15, 0.2) is 36.4 Å². The maximum absolute atomic E-state index is 12.0. The molecule has 10 nitrogen and oxygen atoms in total. The molecule has 28 heavy (non-hydrogen) atoms. The van der Waals surface area contributed by atoms with Crippen molar-refractivity contribution in [3.63, 3.8) is 0 Å². The molecular weight excluding hydrogens is 386 g/mol. The minimum Gasteiger partial charge on any atom is -0.497 e. The van der Waals surface area contributed by atoms with E-state index in [2.05, 4.69) is 14.5 Å². The molecule has 0 saturated heterocycles. The SMILES string of the molecule is COc1ccc2c(c1)nnn2-c1ccc2c(c1)CCN(S(=O)(=O)OC(N)=O)C2. The van der Waals surface area contributed by atoms with Crippen molar-refractivity contribution in [1.82, 2.24) is 19.3 Å². The first kappa shape index (κ1) is 18.2.